The first-order valence-electron chi connectivity index (χ1n) is 7.46. The maximum absolute atomic E-state index is 12.1. The monoisotopic (exact) mass is 336 g/mol. The Labute approximate surface area is 144 Å². The Kier molecular flexibility index (Phi) is 4.82. The molecule has 0 bridgehead atoms. The number of rotatable bonds is 5. The molecular formula is C19H16N2O2S. The Bertz CT molecular complexity index is 798. The lowest BCUT2D eigenvalue weighted by Gasteiger charge is -2.06. The fourth-order valence-electron chi connectivity index (χ4n) is 2.29. The highest BCUT2D eigenvalue weighted by Gasteiger charge is 2.32. The zero-order chi connectivity index (χ0) is 16.9. The molecule has 1 N–H and O–H groups in total. The fraction of sp³-hybridized carbons (Fsp3) is 0.0526. The molecule has 1 aliphatic rings. The SMILES string of the molecule is C=CCN1C(=O)NC(=Cc2ccc(Sc3ccccc3)cc2)C1=O. The predicted molar refractivity (Wildman–Crippen MR) is 95.4 cm³/mol. The molecule has 0 aromatic heterocycles. The number of hydrogen-bond acceptors (Lipinski definition) is 3. The van der Waals surface area contributed by atoms with E-state index in [1.54, 1.807) is 17.8 Å². The summed E-state index contributed by atoms with van der Waals surface area (Å²) in [6.45, 7) is 3.75. The number of hydrogen-bond donors (Lipinski definition) is 1. The van der Waals surface area contributed by atoms with Crippen LogP contribution in [0, 0.1) is 0 Å². The van der Waals surface area contributed by atoms with Crippen molar-refractivity contribution in [3.8, 4) is 0 Å². The van der Waals surface area contributed by atoms with Gasteiger partial charge in [0.2, 0.25) is 0 Å². The summed E-state index contributed by atoms with van der Waals surface area (Å²) in [7, 11) is 0. The van der Waals surface area contributed by atoms with E-state index in [0.717, 1.165) is 15.4 Å². The van der Waals surface area contributed by atoms with Crippen LogP contribution in [0.5, 0.6) is 0 Å². The van der Waals surface area contributed by atoms with Gasteiger partial charge in [0.1, 0.15) is 5.70 Å². The molecule has 0 aliphatic carbocycles. The number of carbonyl (C=O) groups is 2. The van der Waals surface area contributed by atoms with E-state index >= 15 is 0 Å². The van der Waals surface area contributed by atoms with Crippen LogP contribution in [0.2, 0.25) is 0 Å². The quantitative estimate of drug-likeness (QED) is 0.511. The van der Waals surface area contributed by atoms with Gasteiger partial charge in [0.25, 0.3) is 5.91 Å². The van der Waals surface area contributed by atoms with Gasteiger partial charge in [-0.25, -0.2) is 4.79 Å². The number of amides is 3. The first-order chi connectivity index (χ1) is 11.7. The summed E-state index contributed by atoms with van der Waals surface area (Å²) in [6.07, 6.45) is 3.20. The Morgan fingerprint density at radius 3 is 2.33 bits per heavy atom. The first kappa shape index (κ1) is 16.1. The molecule has 24 heavy (non-hydrogen) atoms. The van der Waals surface area contributed by atoms with Crippen LogP contribution >= 0.6 is 11.8 Å². The molecule has 0 atom stereocenters. The summed E-state index contributed by atoms with van der Waals surface area (Å²) in [5, 5.41) is 2.59. The van der Waals surface area contributed by atoms with Gasteiger partial charge in [-0.15, -0.1) is 6.58 Å². The highest BCUT2D eigenvalue weighted by Crippen LogP contribution is 2.27. The van der Waals surface area contributed by atoms with Gasteiger partial charge in [-0.05, 0) is 35.9 Å². The maximum Gasteiger partial charge on any atom is 0.329 e. The van der Waals surface area contributed by atoms with Crippen molar-refractivity contribution in [2.45, 2.75) is 9.79 Å². The highest BCUT2D eigenvalue weighted by atomic mass is 32.2. The molecule has 1 aliphatic heterocycles. The molecule has 1 saturated heterocycles. The average Bonchev–Trinajstić information content (AvgIpc) is 2.85. The summed E-state index contributed by atoms with van der Waals surface area (Å²) in [6, 6.07) is 17.5. The summed E-state index contributed by atoms with van der Waals surface area (Å²) < 4.78 is 0. The van der Waals surface area contributed by atoms with Crippen molar-refractivity contribution in [1.82, 2.24) is 10.2 Å². The van der Waals surface area contributed by atoms with Crippen LogP contribution in [0.3, 0.4) is 0 Å². The van der Waals surface area contributed by atoms with Crippen LogP contribution in [0.25, 0.3) is 6.08 Å². The second kappa shape index (κ2) is 7.19. The Morgan fingerprint density at radius 2 is 1.67 bits per heavy atom. The van der Waals surface area contributed by atoms with E-state index in [1.807, 2.05) is 42.5 Å². The Morgan fingerprint density at radius 1 is 1.00 bits per heavy atom. The van der Waals surface area contributed by atoms with Gasteiger partial charge in [-0.3, -0.25) is 9.69 Å². The van der Waals surface area contributed by atoms with Gasteiger partial charge >= 0.3 is 6.03 Å². The van der Waals surface area contributed by atoms with Gasteiger partial charge in [0, 0.05) is 16.3 Å². The summed E-state index contributed by atoms with van der Waals surface area (Å²) >= 11 is 1.67. The van der Waals surface area contributed by atoms with Crippen molar-refractivity contribution in [3.63, 3.8) is 0 Å². The van der Waals surface area contributed by atoms with Crippen molar-refractivity contribution in [3.05, 3.63) is 78.5 Å². The molecule has 1 fully saturated rings. The van der Waals surface area contributed by atoms with Gasteiger partial charge in [0.05, 0.1) is 0 Å². The smallest absolute Gasteiger partial charge is 0.303 e. The van der Waals surface area contributed by atoms with Crippen LogP contribution in [0.15, 0.2) is 82.7 Å². The summed E-state index contributed by atoms with van der Waals surface area (Å²) in [5.74, 6) is -0.331. The minimum Gasteiger partial charge on any atom is -0.303 e. The van der Waals surface area contributed by atoms with E-state index in [-0.39, 0.29) is 18.1 Å². The van der Waals surface area contributed by atoms with E-state index in [1.165, 1.54) is 11.0 Å². The third-order valence-corrected chi connectivity index (χ3v) is 4.46. The van der Waals surface area contributed by atoms with Crippen LogP contribution in [-0.4, -0.2) is 23.4 Å². The normalized spacial score (nSPS) is 15.7. The topological polar surface area (TPSA) is 49.4 Å². The minimum absolute atomic E-state index is 0.203. The molecule has 3 rings (SSSR count). The highest BCUT2D eigenvalue weighted by molar-refractivity contribution is 7.99. The van der Waals surface area contributed by atoms with Crippen LogP contribution < -0.4 is 5.32 Å². The number of urea groups is 1. The van der Waals surface area contributed by atoms with Crippen molar-refractivity contribution in [1.29, 1.82) is 0 Å². The van der Waals surface area contributed by atoms with E-state index < -0.39 is 6.03 Å². The molecule has 0 saturated carbocycles. The van der Waals surface area contributed by atoms with Crippen molar-refractivity contribution in [2.24, 2.45) is 0 Å². The molecule has 4 nitrogen and oxygen atoms in total. The number of carbonyl (C=O) groups excluding carboxylic acids is 2. The molecule has 2 aromatic rings. The number of nitrogens with one attached hydrogen (secondary N) is 1. The second-order valence-corrected chi connectivity index (χ2v) is 6.32. The van der Waals surface area contributed by atoms with Crippen molar-refractivity contribution < 1.29 is 9.59 Å². The van der Waals surface area contributed by atoms with Gasteiger partial charge < -0.3 is 5.32 Å². The van der Waals surface area contributed by atoms with Gasteiger partial charge in [0.15, 0.2) is 0 Å². The molecule has 3 amide bonds. The fourth-order valence-corrected chi connectivity index (χ4v) is 3.13. The van der Waals surface area contributed by atoms with Crippen LogP contribution in [0.4, 0.5) is 4.79 Å². The van der Waals surface area contributed by atoms with E-state index in [2.05, 4.69) is 24.0 Å². The molecule has 1 heterocycles. The zero-order valence-electron chi connectivity index (χ0n) is 12.9. The van der Waals surface area contributed by atoms with E-state index in [4.69, 9.17) is 0 Å². The third-order valence-electron chi connectivity index (χ3n) is 3.44. The van der Waals surface area contributed by atoms with Crippen LogP contribution in [0.1, 0.15) is 5.56 Å². The molecule has 120 valence electrons. The van der Waals surface area contributed by atoms with Crippen LogP contribution in [-0.2, 0) is 4.79 Å². The van der Waals surface area contributed by atoms with E-state index in [0.29, 0.717) is 0 Å². The average molecular weight is 336 g/mol. The lowest BCUT2D eigenvalue weighted by atomic mass is 10.2. The number of nitrogens with zero attached hydrogens (tertiary/aromatic N) is 1. The Hall–Kier alpha value is -2.79. The number of imide groups is 1. The maximum atomic E-state index is 12.1. The molecular weight excluding hydrogens is 320 g/mol. The van der Waals surface area contributed by atoms with Gasteiger partial charge in [-0.1, -0.05) is 48.2 Å². The molecule has 5 heteroatoms. The minimum atomic E-state index is -0.414. The molecule has 0 radical (unpaired) electrons. The predicted octanol–water partition coefficient (Wildman–Crippen LogP) is 3.92. The lowest BCUT2D eigenvalue weighted by molar-refractivity contribution is -0.122. The second-order valence-electron chi connectivity index (χ2n) is 5.18. The summed E-state index contributed by atoms with van der Waals surface area (Å²) in [5.41, 5.74) is 1.14. The third kappa shape index (κ3) is 3.58. The Balaban J connectivity index is 1.73. The van der Waals surface area contributed by atoms with Crippen molar-refractivity contribution in [2.75, 3.05) is 6.54 Å². The largest absolute Gasteiger partial charge is 0.329 e. The lowest BCUT2D eigenvalue weighted by Crippen LogP contribution is -2.30. The van der Waals surface area contributed by atoms with Crippen molar-refractivity contribution >= 4 is 29.8 Å². The standard InChI is InChI=1S/C19H16N2O2S/c1-2-12-21-18(22)17(20-19(21)23)13-14-8-10-16(11-9-14)24-15-6-4-3-5-7-15/h2-11,13H,1,12H2,(H,20,23). The molecule has 2 aromatic carbocycles. The molecule has 0 spiro atoms. The van der Waals surface area contributed by atoms with Gasteiger partial charge in [-0.2, -0.15) is 0 Å². The molecule has 0 unspecified atom stereocenters. The first-order valence-corrected chi connectivity index (χ1v) is 8.27. The summed E-state index contributed by atoms with van der Waals surface area (Å²) in [4.78, 5) is 27.3. The van der Waals surface area contributed by atoms with E-state index in [9.17, 15) is 9.59 Å². The zero-order valence-corrected chi connectivity index (χ0v) is 13.8. The number of benzene rings is 2.